The van der Waals surface area contributed by atoms with Crippen molar-refractivity contribution in [2.24, 2.45) is 0 Å². The van der Waals surface area contributed by atoms with Gasteiger partial charge in [-0.15, -0.1) is 0 Å². The number of ether oxygens (including phenoxy) is 1. The molecule has 0 aromatic carbocycles. The quantitative estimate of drug-likeness (QED) is 0.281. The molecule has 0 aromatic rings. The van der Waals surface area contributed by atoms with Crippen LogP contribution in [0.5, 0.6) is 0 Å². The summed E-state index contributed by atoms with van der Waals surface area (Å²) in [5, 5.41) is 8.61. The smallest absolute Gasteiger partial charge is 0.329 e. The van der Waals surface area contributed by atoms with Crippen molar-refractivity contribution in [3.8, 4) is 0 Å². The van der Waals surface area contributed by atoms with Crippen LogP contribution in [0.3, 0.4) is 0 Å². The molecule has 0 amide bonds. The van der Waals surface area contributed by atoms with Gasteiger partial charge in [0.15, 0.2) is 16.6 Å². The lowest BCUT2D eigenvalue weighted by atomic mass is 10.5. The molecule has 0 unspecified atom stereocenters. The van der Waals surface area contributed by atoms with Gasteiger partial charge in [0, 0.05) is 6.61 Å². The molecule has 12 heteroatoms. The zero-order chi connectivity index (χ0) is 22.4. The minimum absolute atomic E-state index is 0.248. The van der Waals surface area contributed by atoms with Gasteiger partial charge in [0.1, 0.15) is 6.61 Å². The summed E-state index contributed by atoms with van der Waals surface area (Å²) in [5.74, 6) is -0.938. The van der Waals surface area contributed by atoms with Gasteiger partial charge in [-0.05, 0) is 84.5 Å². The predicted octanol–water partition coefficient (Wildman–Crippen LogP) is 4.69. The van der Waals surface area contributed by atoms with Crippen LogP contribution in [0, 0.1) is 0 Å². The van der Waals surface area contributed by atoms with Crippen LogP contribution < -0.4 is 0 Å². The fourth-order valence-corrected chi connectivity index (χ4v) is 27.2. The van der Waals surface area contributed by atoms with E-state index in [1.807, 2.05) is 0 Å². The lowest BCUT2D eigenvalue weighted by molar-refractivity contribution is -0.142. The third kappa shape index (κ3) is 15.2. The SMILES string of the molecule is C[Si](C)(C)O[Si](C)(C)O[Si](C)(C)O[Si](C)(C)O[Si](C)(C)CCCOCC(=O)O. The summed E-state index contributed by atoms with van der Waals surface area (Å²) in [6.45, 7) is 23.5. The first kappa shape index (κ1) is 28.4. The lowest BCUT2D eigenvalue weighted by Crippen LogP contribution is -2.58. The summed E-state index contributed by atoms with van der Waals surface area (Å²) in [6.07, 6.45) is 0.790. The summed E-state index contributed by atoms with van der Waals surface area (Å²) in [5.41, 5.74) is 0. The molecular weight excluding hydrogens is 445 g/mol. The minimum Gasteiger partial charge on any atom is -0.480 e. The average molecular weight is 487 g/mol. The Morgan fingerprint density at radius 3 is 1.57 bits per heavy atom. The zero-order valence-electron chi connectivity index (χ0n) is 19.7. The van der Waals surface area contributed by atoms with Crippen LogP contribution in [0.1, 0.15) is 6.42 Å². The number of aliphatic carboxylic acids is 1. The van der Waals surface area contributed by atoms with Crippen molar-refractivity contribution < 1.29 is 31.1 Å². The van der Waals surface area contributed by atoms with Crippen molar-refractivity contribution in [3.63, 3.8) is 0 Å². The number of hydrogen-bond donors (Lipinski definition) is 1. The molecule has 0 spiro atoms. The van der Waals surface area contributed by atoms with E-state index in [4.69, 9.17) is 26.3 Å². The number of hydrogen-bond acceptors (Lipinski definition) is 6. The molecular formula is C16H42O7Si5. The topological polar surface area (TPSA) is 83.5 Å². The van der Waals surface area contributed by atoms with Gasteiger partial charge in [-0.3, -0.25) is 0 Å². The van der Waals surface area contributed by atoms with E-state index in [-0.39, 0.29) is 6.61 Å². The van der Waals surface area contributed by atoms with E-state index in [0.29, 0.717) is 6.61 Å². The van der Waals surface area contributed by atoms with Crippen LogP contribution in [0.25, 0.3) is 0 Å². The molecule has 1 N–H and O–H groups in total. The summed E-state index contributed by atoms with van der Waals surface area (Å²) < 4.78 is 30.9. The minimum atomic E-state index is -2.40. The lowest BCUT2D eigenvalue weighted by Gasteiger charge is -2.42. The van der Waals surface area contributed by atoms with E-state index in [0.717, 1.165) is 12.5 Å². The highest BCUT2D eigenvalue weighted by Crippen LogP contribution is 2.27. The normalized spacial score (nSPS) is 14.4. The summed E-state index contributed by atoms with van der Waals surface area (Å²) in [4.78, 5) is 10.5. The van der Waals surface area contributed by atoms with Gasteiger partial charge >= 0.3 is 31.7 Å². The van der Waals surface area contributed by atoms with Gasteiger partial charge in [-0.1, -0.05) is 0 Å². The Kier molecular flexibility index (Phi) is 10.7. The van der Waals surface area contributed by atoms with E-state index in [1.165, 1.54) is 0 Å². The summed E-state index contributed by atoms with van der Waals surface area (Å²) in [6, 6.07) is 0.897. The van der Waals surface area contributed by atoms with E-state index >= 15 is 0 Å². The molecule has 0 aliphatic carbocycles. The molecule has 0 heterocycles. The number of carboxylic acids is 1. The third-order valence-electron chi connectivity index (χ3n) is 3.35. The van der Waals surface area contributed by atoms with Gasteiger partial charge < -0.3 is 26.3 Å². The summed E-state index contributed by atoms with van der Waals surface area (Å²) in [7, 11) is -10.7. The van der Waals surface area contributed by atoms with Crippen LogP contribution >= 0.6 is 0 Å². The number of rotatable bonds is 14. The van der Waals surface area contributed by atoms with Gasteiger partial charge in [-0.25, -0.2) is 4.79 Å². The van der Waals surface area contributed by atoms with Crippen molar-refractivity contribution in [2.45, 2.75) is 84.5 Å². The predicted molar refractivity (Wildman–Crippen MR) is 125 cm³/mol. The van der Waals surface area contributed by atoms with Crippen molar-refractivity contribution >= 4 is 48.3 Å². The molecule has 0 saturated heterocycles. The van der Waals surface area contributed by atoms with Gasteiger partial charge in [0.05, 0.1) is 0 Å². The maximum Gasteiger partial charge on any atom is 0.329 e. The molecule has 7 nitrogen and oxygen atoms in total. The highest BCUT2D eigenvalue weighted by atomic mass is 28.5. The molecule has 0 bridgehead atoms. The van der Waals surface area contributed by atoms with Crippen molar-refractivity contribution in [2.75, 3.05) is 13.2 Å². The highest BCUT2D eigenvalue weighted by molar-refractivity contribution is 6.90. The molecule has 0 aromatic heterocycles. The molecule has 168 valence electrons. The molecule has 0 atom stereocenters. The summed E-state index contributed by atoms with van der Waals surface area (Å²) >= 11 is 0. The molecule has 0 aliphatic rings. The van der Waals surface area contributed by atoms with Gasteiger partial charge in [0.2, 0.25) is 0 Å². The first-order valence-electron chi connectivity index (χ1n) is 9.85. The van der Waals surface area contributed by atoms with E-state index in [1.54, 1.807) is 0 Å². The second kappa shape index (κ2) is 10.6. The number of carboxylic acid groups (broad SMARTS) is 1. The standard InChI is InChI=1S/C16H42O7Si5/c1-24(2,3)20-26(6,7)22-28(10,11)23-27(8,9)21-25(4,5)14-12-13-19-15-16(17)18/h12-15H2,1-11H3,(H,17,18). The maximum absolute atomic E-state index is 10.5. The van der Waals surface area contributed by atoms with Crippen molar-refractivity contribution in [3.05, 3.63) is 0 Å². The molecule has 28 heavy (non-hydrogen) atoms. The first-order valence-corrected chi connectivity index (χ1v) is 24.8. The van der Waals surface area contributed by atoms with E-state index < -0.39 is 48.3 Å². The van der Waals surface area contributed by atoms with E-state index in [2.05, 4.69) is 72.0 Å². The van der Waals surface area contributed by atoms with E-state index in [9.17, 15) is 4.79 Å². The first-order chi connectivity index (χ1) is 12.2. The third-order valence-corrected chi connectivity index (χ3v) is 21.4. The maximum atomic E-state index is 10.5. The largest absolute Gasteiger partial charge is 0.480 e. The second-order valence-electron chi connectivity index (χ2n) is 10.0. The highest BCUT2D eigenvalue weighted by Gasteiger charge is 2.45. The molecule has 0 rings (SSSR count). The van der Waals surface area contributed by atoms with Gasteiger partial charge in [-0.2, -0.15) is 0 Å². The number of carbonyl (C=O) groups is 1. The van der Waals surface area contributed by atoms with Crippen LogP contribution in [0.15, 0.2) is 0 Å². The Hall–Kier alpha value is 0.354. The molecule has 0 radical (unpaired) electrons. The molecule has 0 aliphatic heterocycles. The second-order valence-corrected chi connectivity index (χ2v) is 29.9. The Labute approximate surface area is 177 Å². The molecule has 0 saturated carbocycles. The van der Waals surface area contributed by atoms with Crippen molar-refractivity contribution in [1.82, 2.24) is 0 Å². The van der Waals surface area contributed by atoms with Crippen LogP contribution in [0.4, 0.5) is 0 Å². The molecule has 0 fully saturated rings. The Balaban J connectivity index is 4.71. The monoisotopic (exact) mass is 486 g/mol. The van der Waals surface area contributed by atoms with Crippen LogP contribution in [0.2, 0.25) is 78.1 Å². The van der Waals surface area contributed by atoms with Crippen LogP contribution in [-0.4, -0.2) is 66.6 Å². The van der Waals surface area contributed by atoms with Gasteiger partial charge in [0.25, 0.3) is 0 Å². The Morgan fingerprint density at radius 2 is 1.14 bits per heavy atom. The zero-order valence-corrected chi connectivity index (χ0v) is 24.7. The van der Waals surface area contributed by atoms with Crippen molar-refractivity contribution in [1.29, 1.82) is 0 Å². The Bertz CT molecular complexity index is 504. The fourth-order valence-electron chi connectivity index (χ4n) is 3.46. The fraction of sp³-hybridized carbons (Fsp3) is 0.938. The Morgan fingerprint density at radius 1 is 0.714 bits per heavy atom. The average Bonchev–Trinajstić information content (AvgIpc) is 2.28. The van der Waals surface area contributed by atoms with Crippen LogP contribution in [-0.2, 0) is 26.0 Å².